The van der Waals surface area contributed by atoms with Gasteiger partial charge >= 0.3 is 0 Å². The van der Waals surface area contributed by atoms with Crippen molar-refractivity contribution in [2.45, 2.75) is 59.4 Å². The lowest BCUT2D eigenvalue weighted by Gasteiger charge is -2.20. The van der Waals surface area contributed by atoms with E-state index < -0.39 is 0 Å². The van der Waals surface area contributed by atoms with Crippen LogP contribution in [-0.2, 0) is 11.3 Å². The number of carbonyl (C=O) groups excluding carboxylic acids is 1. The standard InChI is InChI=1S/C21H34N4O/c1-4-22-21(24-16-19-11-10-17(2)15-18(19)3)23-12-8-14-25-13-7-5-6-9-20(25)26/h10-11,15H,4-9,12-14,16H2,1-3H3,(H2,22,23,24). The molecular weight excluding hydrogens is 324 g/mol. The van der Waals surface area contributed by atoms with Gasteiger partial charge in [-0.3, -0.25) is 4.79 Å². The molecule has 0 atom stereocenters. The first-order valence-electron chi connectivity index (χ1n) is 9.96. The second-order valence-electron chi connectivity index (χ2n) is 7.10. The van der Waals surface area contributed by atoms with Gasteiger partial charge in [0, 0.05) is 32.6 Å². The SMILES string of the molecule is CCNC(=NCc1ccc(C)cc1C)NCCCN1CCCCCC1=O. The summed E-state index contributed by atoms with van der Waals surface area (Å²) in [6.45, 7) is 10.4. The number of likely N-dealkylation sites (tertiary alicyclic amines) is 1. The quantitative estimate of drug-likeness (QED) is 0.447. The molecule has 1 aliphatic rings. The number of hydrogen-bond donors (Lipinski definition) is 2. The predicted molar refractivity (Wildman–Crippen MR) is 108 cm³/mol. The molecule has 2 rings (SSSR count). The van der Waals surface area contributed by atoms with Gasteiger partial charge in [-0.25, -0.2) is 4.99 Å². The molecule has 0 aliphatic carbocycles. The van der Waals surface area contributed by atoms with Crippen LogP contribution >= 0.6 is 0 Å². The first-order chi connectivity index (χ1) is 12.6. The molecule has 0 aromatic heterocycles. The molecular formula is C21H34N4O. The van der Waals surface area contributed by atoms with E-state index in [2.05, 4.69) is 49.6 Å². The second-order valence-corrected chi connectivity index (χ2v) is 7.10. The molecule has 0 spiro atoms. The summed E-state index contributed by atoms with van der Waals surface area (Å²) in [5.74, 6) is 1.16. The Kier molecular flexibility index (Phi) is 8.45. The summed E-state index contributed by atoms with van der Waals surface area (Å²) in [7, 11) is 0. The molecule has 1 aromatic rings. The maximum Gasteiger partial charge on any atom is 0.222 e. The number of aryl methyl sites for hydroxylation is 2. The smallest absolute Gasteiger partial charge is 0.222 e. The van der Waals surface area contributed by atoms with Gasteiger partial charge in [0.2, 0.25) is 5.91 Å². The third kappa shape index (κ3) is 6.70. The van der Waals surface area contributed by atoms with E-state index >= 15 is 0 Å². The molecule has 5 nitrogen and oxygen atoms in total. The molecule has 0 unspecified atom stereocenters. The lowest BCUT2D eigenvalue weighted by molar-refractivity contribution is -0.130. The van der Waals surface area contributed by atoms with Crippen molar-refractivity contribution in [3.63, 3.8) is 0 Å². The number of guanidine groups is 1. The van der Waals surface area contributed by atoms with E-state index in [9.17, 15) is 4.79 Å². The summed E-state index contributed by atoms with van der Waals surface area (Å²) >= 11 is 0. The van der Waals surface area contributed by atoms with Crippen molar-refractivity contribution in [3.8, 4) is 0 Å². The molecule has 0 saturated carbocycles. The van der Waals surface area contributed by atoms with E-state index in [-0.39, 0.29) is 0 Å². The molecule has 1 heterocycles. The number of nitrogens with one attached hydrogen (secondary N) is 2. The minimum absolute atomic E-state index is 0.318. The molecule has 0 radical (unpaired) electrons. The minimum atomic E-state index is 0.318. The molecule has 2 N–H and O–H groups in total. The Balaban J connectivity index is 1.80. The van der Waals surface area contributed by atoms with Gasteiger partial charge in [-0.05, 0) is 51.2 Å². The lowest BCUT2D eigenvalue weighted by atomic mass is 10.1. The average molecular weight is 359 g/mol. The third-order valence-electron chi connectivity index (χ3n) is 4.82. The first-order valence-corrected chi connectivity index (χ1v) is 9.96. The van der Waals surface area contributed by atoms with Crippen LogP contribution < -0.4 is 10.6 Å². The summed E-state index contributed by atoms with van der Waals surface area (Å²) in [6.07, 6.45) is 5.02. The second kappa shape index (κ2) is 10.8. The summed E-state index contributed by atoms with van der Waals surface area (Å²) in [5.41, 5.74) is 3.82. The Morgan fingerprint density at radius 1 is 1.19 bits per heavy atom. The Morgan fingerprint density at radius 3 is 2.81 bits per heavy atom. The molecule has 1 aromatic carbocycles. The van der Waals surface area contributed by atoms with Crippen LogP contribution in [0, 0.1) is 13.8 Å². The maximum absolute atomic E-state index is 12.0. The normalized spacial score (nSPS) is 15.7. The Bertz CT molecular complexity index is 612. The molecule has 26 heavy (non-hydrogen) atoms. The highest BCUT2D eigenvalue weighted by Gasteiger charge is 2.15. The Morgan fingerprint density at radius 2 is 2.04 bits per heavy atom. The van der Waals surface area contributed by atoms with Crippen LogP contribution in [0.4, 0.5) is 0 Å². The fourth-order valence-corrected chi connectivity index (χ4v) is 3.28. The molecule has 144 valence electrons. The van der Waals surface area contributed by atoms with Gasteiger partial charge in [0.1, 0.15) is 0 Å². The Hall–Kier alpha value is -2.04. The van der Waals surface area contributed by atoms with E-state index in [1.54, 1.807) is 0 Å². The van der Waals surface area contributed by atoms with Crippen LogP contribution in [0.1, 0.15) is 55.7 Å². The third-order valence-corrected chi connectivity index (χ3v) is 4.82. The number of carbonyl (C=O) groups is 1. The van der Waals surface area contributed by atoms with Gasteiger partial charge < -0.3 is 15.5 Å². The predicted octanol–water partition coefficient (Wildman–Crippen LogP) is 3.15. The summed E-state index contributed by atoms with van der Waals surface area (Å²) < 4.78 is 0. The molecule has 1 fully saturated rings. The van der Waals surface area contributed by atoms with Gasteiger partial charge in [-0.2, -0.15) is 0 Å². The summed E-state index contributed by atoms with van der Waals surface area (Å²) in [5, 5.41) is 6.69. The van der Waals surface area contributed by atoms with Crippen molar-refractivity contribution in [3.05, 3.63) is 34.9 Å². The van der Waals surface area contributed by atoms with Crippen LogP contribution in [0.5, 0.6) is 0 Å². The van der Waals surface area contributed by atoms with Crippen molar-refractivity contribution in [2.75, 3.05) is 26.2 Å². The van der Waals surface area contributed by atoms with Gasteiger partial charge in [0.15, 0.2) is 5.96 Å². The number of amides is 1. The van der Waals surface area contributed by atoms with Crippen LogP contribution in [0.15, 0.2) is 23.2 Å². The molecule has 5 heteroatoms. The number of rotatable bonds is 7. The maximum atomic E-state index is 12.0. The van der Waals surface area contributed by atoms with Gasteiger partial charge in [-0.1, -0.05) is 30.2 Å². The van der Waals surface area contributed by atoms with E-state index in [1.807, 2.05) is 4.90 Å². The number of benzene rings is 1. The van der Waals surface area contributed by atoms with Gasteiger partial charge in [0.05, 0.1) is 6.54 Å². The van der Waals surface area contributed by atoms with Crippen molar-refractivity contribution >= 4 is 11.9 Å². The van der Waals surface area contributed by atoms with Gasteiger partial charge in [-0.15, -0.1) is 0 Å². The van der Waals surface area contributed by atoms with E-state index in [4.69, 9.17) is 4.99 Å². The van der Waals surface area contributed by atoms with Crippen molar-refractivity contribution < 1.29 is 4.79 Å². The summed E-state index contributed by atoms with van der Waals surface area (Å²) in [6, 6.07) is 6.49. The first kappa shape index (κ1) is 20.3. The van der Waals surface area contributed by atoms with Crippen molar-refractivity contribution in [2.24, 2.45) is 4.99 Å². The lowest BCUT2D eigenvalue weighted by Crippen LogP contribution is -2.39. The zero-order valence-corrected chi connectivity index (χ0v) is 16.6. The van der Waals surface area contributed by atoms with Crippen molar-refractivity contribution in [1.82, 2.24) is 15.5 Å². The topological polar surface area (TPSA) is 56.7 Å². The fraction of sp³-hybridized carbons (Fsp3) is 0.619. The van der Waals surface area contributed by atoms with Crippen LogP contribution in [0.3, 0.4) is 0 Å². The largest absolute Gasteiger partial charge is 0.357 e. The van der Waals surface area contributed by atoms with Gasteiger partial charge in [0.25, 0.3) is 0 Å². The van der Waals surface area contributed by atoms with Crippen molar-refractivity contribution in [1.29, 1.82) is 0 Å². The molecule has 1 amide bonds. The van der Waals surface area contributed by atoms with Crippen LogP contribution in [0.25, 0.3) is 0 Å². The fourth-order valence-electron chi connectivity index (χ4n) is 3.28. The Labute approximate surface area is 158 Å². The van der Waals surface area contributed by atoms with E-state index in [0.717, 1.165) is 51.4 Å². The highest BCUT2D eigenvalue weighted by molar-refractivity contribution is 5.79. The summed E-state index contributed by atoms with van der Waals surface area (Å²) in [4.78, 5) is 18.8. The zero-order valence-electron chi connectivity index (χ0n) is 16.6. The van der Waals surface area contributed by atoms with Crippen LogP contribution in [0.2, 0.25) is 0 Å². The number of hydrogen-bond acceptors (Lipinski definition) is 2. The monoisotopic (exact) mass is 358 g/mol. The number of aliphatic imine (C=N–C) groups is 1. The minimum Gasteiger partial charge on any atom is -0.357 e. The molecule has 1 saturated heterocycles. The highest BCUT2D eigenvalue weighted by atomic mass is 16.2. The number of nitrogens with zero attached hydrogens (tertiary/aromatic N) is 2. The molecule has 0 bridgehead atoms. The molecule has 1 aliphatic heterocycles. The highest BCUT2D eigenvalue weighted by Crippen LogP contribution is 2.12. The zero-order chi connectivity index (χ0) is 18.8. The van der Waals surface area contributed by atoms with E-state index in [1.165, 1.54) is 23.1 Å². The van der Waals surface area contributed by atoms with E-state index in [0.29, 0.717) is 18.9 Å². The average Bonchev–Trinajstić information content (AvgIpc) is 2.82. The van der Waals surface area contributed by atoms with Crippen LogP contribution in [-0.4, -0.2) is 42.9 Å².